The molecule has 0 saturated carbocycles. The summed E-state index contributed by atoms with van der Waals surface area (Å²) in [5.41, 5.74) is 4.88. The van der Waals surface area contributed by atoms with Crippen LogP contribution in [0.5, 0.6) is 0 Å². The van der Waals surface area contributed by atoms with Crippen molar-refractivity contribution in [1.29, 1.82) is 0 Å². The molecule has 1 aliphatic carbocycles. The minimum absolute atomic E-state index is 0.0620. The Hall–Kier alpha value is -1.65. The molecule has 2 atom stereocenters. The molecule has 0 fully saturated rings. The van der Waals surface area contributed by atoms with Crippen LogP contribution in [0.25, 0.3) is 0 Å². The number of benzene rings is 2. The zero-order valence-corrected chi connectivity index (χ0v) is 15.4. The van der Waals surface area contributed by atoms with Crippen LogP contribution in [-0.2, 0) is 16.4 Å². The number of sulfonamides is 1. The van der Waals surface area contributed by atoms with Crippen molar-refractivity contribution >= 4 is 10.0 Å². The molecule has 2 aromatic rings. The smallest absolute Gasteiger partial charge is 0.207 e. The summed E-state index contributed by atoms with van der Waals surface area (Å²) in [6, 6.07) is 13.4. The Morgan fingerprint density at radius 1 is 1.04 bits per heavy atom. The Bertz CT molecular complexity index is 825. The largest absolute Gasteiger partial charge is 0.240 e. The van der Waals surface area contributed by atoms with E-state index in [2.05, 4.69) is 36.8 Å². The van der Waals surface area contributed by atoms with E-state index in [-0.39, 0.29) is 12.0 Å². The van der Waals surface area contributed by atoms with Crippen LogP contribution in [0.3, 0.4) is 0 Å². The molecule has 2 aromatic carbocycles. The molecule has 3 nitrogen and oxygen atoms in total. The van der Waals surface area contributed by atoms with Crippen molar-refractivity contribution in [3.8, 4) is 0 Å². The van der Waals surface area contributed by atoms with E-state index in [9.17, 15) is 8.42 Å². The third-order valence-electron chi connectivity index (χ3n) is 4.86. The highest BCUT2D eigenvalue weighted by Gasteiger charge is 2.34. The first-order valence-electron chi connectivity index (χ1n) is 8.59. The van der Waals surface area contributed by atoms with Gasteiger partial charge in [-0.25, -0.2) is 13.1 Å². The third kappa shape index (κ3) is 3.40. The molecule has 0 amide bonds. The lowest BCUT2D eigenvalue weighted by Gasteiger charge is -2.21. The van der Waals surface area contributed by atoms with Gasteiger partial charge in [-0.1, -0.05) is 54.8 Å². The lowest BCUT2D eigenvalue weighted by atomic mass is 9.93. The maximum Gasteiger partial charge on any atom is 0.240 e. The van der Waals surface area contributed by atoms with Crippen molar-refractivity contribution in [3.63, 3.8) is 0 Å². The molecule has 0 spiro atoms. The summed E-state index contributed by atoms with van der Waals surface area (Å²) in [4.78, 5) is 0.343. The van der Waals surface area contributed by atoms with Crippen LogP contribution in [0.15, 0.2) is 47.4 Å². The topological polar surface area (TPSA) is 46.2 Å². The average molecular weight is 343 g/mol. The molecule has 0 unspecified atom stereocenters. The van der Waals surface area contributed by atoms with Gasteiger partial charge in [0.15, 0.2) is 0 Å². The fourth-order valence-corrected chi connectivity index (χ4v) is 4.89. The van der Waals surface area contributed by atoms with Gasteiger partial charge in [0.1, 0.15) is 0 Å². The molecule has 0 bridgehead atoms. The van der Waals surface area contributed by atoms with Gasteiger partial charge in [-0.05, 0) is 49.9 Å². The fourth-order valence-electron chi connectivity index (χ4n) is 3.62. The lowest BCUT2D eigenvalue weighted by molar-refractivity contribution is 0.482. The quantitative estimate of drug-likeness (QED) is 0.889. The van der Waals surface area contributed by atoms with Gasteiger partial charge in [-0.15, -0.1) is 0 Å². The summed E-state index contributed by atoms with van der Waals surface area (Å²) in [6.07, 6.45) is 2.81. The van der Waals surface area contributed by atoms with E-state index in [1.165, 1.54) is 16.7 Å². The normalized spacial score (nSPS) is 20.1. The van der Waals surface area contributed by atoms with Crippen LogP contribution in [0.1, 0.15) is 47.9 Å². The van der Waals surface area contributed by atoms with Gasteiger partial charge in [-0.2, -0.15) is 0 Å². The van der Waals surface area contributed by atoms with E-state index in [1.54, 1.807) is 12.1 Å². The Morgan fingerprint density at radius 3 is 2.38 bits per heavy atom. The molecular formula is C20H25NO2S. The maximum atomic E-state index is 12.8. The average Bonchev–Trinajstić information content (AvgIpc) is 2.85. The molecule has 3 rings (SSSR count). The van der Waals surface area contributed by atoms with E-state index < -0.39 is 10.0 Å². The summed E-state index contributed by atoms with van der Waals surface area (Å²) in [7, 11) is -3.49. The van der Waals surface area contributed by atoms with Gasteiger partial charge in [-0.3, -0.25) is 0 Å². The standard InChI is InChI=1S/C20H25NO2S/c1-4-5-18-19-12-15(3)6-9-16(19)13-20(18)21-24(22,23)17-10-7-14(2)8-11-17/h6-12,18,20-21H,4-5,13H2,1-3H3/t18-,20+/m0/s1. The van der Waals surface area contributed by atoms with Crippen molar-refractivity contribution in [2.24, 2.45) is 0 Å². The van der Waals surface area contributed by atoms with Crippen molar-refractivity contribution in [1.82, 2.24) is 4.72 Å². The Balaban J connectivity index is 1.88. The van der Waals surface area contributed by atoms with Gasteiger partial charge in [0, 0.05) is 12.0 Å². The second-order valence-electron chi connectivity index (χ2n) is 6.84. The van der Waals surface area contributed by atoms with Crippen molar-refractivity contribution in [3.05, 3.63) is 64.7 Å². The SMILES string of the molecule is CCC[C@H]1c2cc(C)ccc2C[C@H]1NS(=O)(=O)c1ccc(C)cc1. The van der Waals surface area contributed by atoms with E-state index in [0.29, 0.717) is 4.90 Å². The Labute approximate surface area is 145 Å². The predicted molar refractivity (Wildman–Crippen MR) is 97.8 cm³/mol. The van der Waals surface area contributed by atoms with Gasteiger partial charge >= 0.3 is 0 Å². The summed E-state index contributed by atoms with van der Waals surface area (Å²) in [5, 5.41) is 0. The molecule has 0 radical (unpaired) electrons. The van der Waals surface area contributed by atoms with Crippen LogP contribution >= 0.6 is 0 Å². The van der Waals surface area contributed by atoms with Crippen LogP contribution < -0.4 is 4.72 Å². The minimum Gasteiger partial charge on any atom is -0.207 e. The summed E-state index contributed by atoms with van der Waals surface area (Å²) >= 11 is 0. The summed E-state index contributed by atoms with van der Waals surface area (Å²) < 4.78 is 28.5. The Morgan fingerprint density at radius 2 is 1.71 bits per heavy atom. The lowest BCUT2D eigenvalue weighted by Crippen LogP contribution is -2.37. The Kier molecular flexibility index (Phi) is 4.79. The van der Waals surface area contributed by atoms with Crippen LogP contribution in [-0.4, -0.2) is 14.5 Å². The number of rotatable bonds is 5. The molecule has 0 saturated heterocycles. The predicted octanol–water partition coefficient (Wildman–Crippen LogP) is 4.09. The van der Waals surface area contributed by atoms with Gasteiger partial charge < -0.3 is 0 Å². The van der Waals surface area contributed by atoms with Crippen LogP contribution in [0, 0.1) is 13.8 Å². The second-order valence-corrected chi connectivity index (χ2v) is 8.56. The second kappa shape index (κ2) is 6.69. The highest BCUT2D eigenvalue weighted by molar-refractivity contribution is 7.89. The van der Waals surface area contributed by atoms with E-state index in [0.717, 1.165) is 24.8 Å². The zero-order chi connectivity index (χ0) is 17.3. The number of hydrogen-bond donors (Lipinski definition) is 1. The van der Waals surface area contributed by atoms with E-state index in [4.69, 9.17) is 0 Å². The minimum atomic E-state index is -3.49. The van der Waals surface area contributed by atoms with Crippen molar-refractivity contribution in [2.75, 3.05) is 0 Å². The monoisotopic (exact) mass is 343 g/mol. The fraction of sp³-hybridized carbons (Fsp3) is 0.400. The molecular weight excluding hydrogens is 318 g/mol. The molecule has 1 aliphatic rings. The van der Waals surface area contributed by atoms with Gasteiger partial charge in [0.2, 0.25) is 10.0 Å². The summed E-state index contributed by atoms with van der Waals surface area (Å²) in [5.74, 6) is 0.255. The van der Waals surface area contributed by atoms with Gasteiger partial charge in [0.25, 0.3) is 0 Å². The molecule has 1 N–H and O–H groups in total. The highest BCUT2D eigenvalue weighted by Crippen LogP contribution is 2.37. The van der Waals surface area contributed by atoms with Crippen molar-refractivity contribution < 1.29 is 8.42 Å². The van der Waals surface area contributed by atoms with Crippen LogP contribution in [0.2, 0.25) is 0 Å². The third-order valence-corrected chi connectivity index (χ3v) is 6.37. The maximum absolute atomic E-state index is 12.8. The first-order valence-corrected chi connectivity index (χ1v) is 10.1. The number of fused-ring (bicyclic) bond motifs is 1. The number of aryl methyl sites for hydroxylation is 2. The highest BCUT2D eigenvalue weighted by atomic mass is 32.2. The molecule has 4 heteroatoms. The molecule has 0 heterocycles. The first kappa shape index (κ1) is 17.2. The number of hydrogen-bond acceptors (Lipinski definition) is 2. The zero-order valence-electron chi connectivity index (χ0n) is 14.5. The molecule has 128 valence electrons. The van der Waals surface area contributed by atoms with Crippen molar-refractivity contribution in [2.45, 2.75) is 56.9 Å². The van der Waals surface area contributed by atoms with E-state index in [1.807, 2.05) is 19.1 Å². The molecule has 0 aliphatic heterocycles. The summed E-state index contributed by atoms with van der Waals surface area (Å²) in [6.45, 7) is 6.20. The van der Waals surface area contributed by atoms with Gasteiger partial charge in [0.05, 0.1) is 4.90 Å². The van der Waals surface area contributed by atoms with Crippen LogP contribution in [0.4, 0.5) is 0 Å². The molecule has 24 heavy (non-hydrogen) atoms. The number of nitrogens with one attached hydrogen (secondary N) is 1. The molecule has 0 aromatic heterocycles. The van der Waals surface area contributed by atoms with E-state index >= 15 is 0 Å². The first-order chi connectivity index (χ1) is 11.4.